The van der Waals surface area contributed by atoms with E-state index in [-0.39, 0.29) is 5.82 Å². The van der Waals surface area contributed by atoms with Gasteiger partial charge in [-0.3, -0.25) is 4.40 Å². The van der Waals surface area contributed by atoms with Crippen molar-refractivity contribution < 1.29 is 4.39 Å². The molecule has 0 aliphatic heterocycles. The summed E-state index contributed by atoms with van der Waals surface area (Å²) in [5, 5.41) is 3.23. The molecule has 0 saturated heterocycles. The van der Waals surface area contributed by atoms with Gasteiger partial charge < -0.3 is 5.32 Å². The van der Waals surface area contributed by atoms with Crippen LogP contribution in [0.5, 0.6) is 0 Å². The number of anilines is 2. The predicted octanol–water partition coefficient (Wildman–Crippen LogP) is 3.77. The third kappa shape index (κ3) is 1.99. The number of benzene rings is 2. The van der Waals surface area contributed by atoms with E-state index in [1.54, 1.807) is 12.3 Å². The van der Waals surface area contributed by atoms with Gasteiger partial charge >= 0.3 is 0 Å². The minimum atomic E-state index is -0.305. The molecule has 2 aromatic carbocycles. The molecule has 21 heavy (non-hydrogen) atoms. The van der Waals surface area contributed by atoms with E-state index in [0.717, 1.165) is 11.2 Å². The summed E-state index contributed by atoms with van der Waals surface area (Å²) in [6.45, 7) is 0. The minimum Gasteiger partial charge on any atom is -0.337 e. The molecule has 0 bridgehead atoms. The van der Waals surface area contributed by atoms with E-state index in [1.165, 1.54) is 12.1 Å². The summed E-state index contributed by atoms with van der Waals surface area (Å²) in [6.07, 6.45) is 3.55. The Balaban J connectivity index is 1.96. The van der Waals surface area contributed by atoms with Crippen LogP contribution in [0.2, 0.25) is 0 Å². The lowest BCUT2D eigenvalue weighted by Crippen LogP contribution is -2.00. The molecular formula is C16H11FN4. The zero-order valence-corrected chi connectivity index (χ0v) is 11.0. The van der Waals surface area contributed by atoms with Crippen molar-refractivity contribution in [2.24, 2.45) is 0 Å². The highest BCUT2D eigenvalue weighted by Crippen LogP contribution is 2.24. The lowest BCUT2D eigenvalue weighted by Gasteiger charge is -2.09. The summed E-state index contributed by atoms with van der Waals surface area (Å²) in [7, 11) is 0. The van der Waals surface area contributed by atoms with Crippen LogP contribution in [0.1, 0.15) is 0 Å². The highest BCUT2D eigenvalue weighted by atomic mass is 19.1. The minimum absolute atomic E-state index is 0.305. The van der Waals surface area contributed by atoms with Crippen molar-refractivity contribution in [2.75, 3.05) is 5.32 Å². The maximum Gasteiger partial charge on any atom is 0.180 e. The highest BCUT2D eigenvalue weighted by Gasteiger charge is 2.10. The van der Waals surface area contributed by atoms with E-state index >= 15 is 0 Å². The Hall–Kier alpha value is -2.95. The van der Waals surface area contributed by atoms with Gasteiger partial charge in [0.1, 0.15) is 5.82 Å². The zero-order valence-electron chi connectivity index (χ0n) is 11.0. The Kier molecular flexibility index (Phi) is 2.57. The molecule has 4 aromatic rings. The summed E-state index contributed by atoms with van der Waals surface area (Å²) in [5.74, 6) is 0.296. The summed E-state index contributed by atoms with van der Waals surface area (Å²) in [6, 6.07) is 14.3. The van der Waals surface area contributed by atoms with Gasteiger partial charge in [-0.1, -0.05) is 18.2 Å². The Morgan fingerprint density at radius 2 is 1.90 bits per heavy atom. The molecule has 0 saturated carbocycles. The maximum atomic E-state index is 13.4. The van der Waals surface area contributed by atoms with Gasteiger partial charge in [0, 0.05) is 24.1 Å². The van der Waals surface area contributed by atoms with Crippen LogP contribution in [0.15, 0.2) is 60.9 Å². The standard InChI is InChI=1S/C16H11FN4/c17-11-6-7-14-13(10-11)20-15(16-18-8-9-21(14)16)19-12-4-2-1-3-5-12/h1-10H,(H,19,20). The van der Waals surface area contributed by atoms with Crippen molar-refractivity contribution in [1.29, 1.82) is 0 Å². The molecule has 0 radical (unpaired) electrons. The molecule has 1 N–H and O–H groups in total. The molecule has 2 aromatic heterocycles. The molecule has 4 rings (SSSR count). The van der Waals surface area contributed by atoms with Gasteiger partial charge in [0.25, 0.3) is 0 Å². The van der Waals surface area contributed by atoms with Gasteiger partial charge in [0.15, 0.2) is 11.5 Å². The van der Waals surface area contributed by atoms with Crippen LogP contribution in [0, 0.1) is 5.82 Å². The number of hydrogen-bond acceptors (Lipinski definition) is 3. The number of imidazole rings is 1. The van der Waals surface area contributed by atoms with Crippen molar-refractivity contribution in [2.45, 2.75) is 0 Å². The molecule has 0 unspecified atom stereocenters. The predicted molar refractivity (Wildman–Crippen MR) is 80.2 cm³/mol. The molecule has 4 nitrogen and oxygen atoms in total. The van der Waals surface area contributed by atoms with Crippen LogP contribution in [-0.2, 0) is 0 Å². The molecule has 5 heteroatoms. The van der Waals surface area contributed by atoms with Gasteiger partial charge in [0.2, 0.25) is 0 Å². The van der Waals surface area contributed by atoms with E-state index in [1.807, 2.05) is 40.9 Å². The van der Waals surface area contributed by atoms with E-state index in [4.69, 9.17) is 0 Å². The van der Waals surface area contributed by atoms with Crippen LogP contribution in [0.4, 0.5) is 15.9 Å². The summed E-state index contributed by atoms with van der Waals surface area (Å²) >= 11 is 0. The molecule has 0 atom stereocenters. The average molecular weight is 278 g/mol. The second kappa shape index (κ2) is 4.56. The van der Waals surface area contributed by atoms with Crippen molar-refractivity contribution in [3.8, 4) is 0 Å². The molecule has 0 spiro atoms. The molecule has 0 amide bonds. The number of rotatable bonds is 2. The molecule has 0 aliphatic rings. The first-order chi connectivity index (χ1) is 10.3. The first kappa shape index (κ1) is 11.8. The van der Waals surface area contributed by atoms with E-state index in [9.17, 15) is 4.39 Å². The highest BCUT2D eigenvalue weighted by molar-refractivity contribution is 5.84. The van der Waals surface area contributed by atoms with Crippen LogP contribution >= 0.6 is 0 Å². The number of halogens is 1. The maximum absolute atomic E-state index is 13.4. The zero-order chi connectivity index (χ0) is 14.2. The first-order valence-corrected chi connectivity index (χ1v) is 6.56. The van der Waals surface area contributed by atoms with Crippen molar-refractivity contribution in [1.82, 2.24) is 14.4 Å². The van der Waals surface area contributed by atoms with Crippen molar-refractivity contribution in [3.05, 3.63) is 66.7 Å². The van der Waals surface area contributed by atoms with E-state index < -0.39 is 0 Å². The largest absolute Gasteiger partial charge is 0.337 e. The van der Waals surface area contributed by atoms with Gasteiger partial charge in [-0.05, 0) is 24.3 Å². The van der Waals surface area contributed by atoms with E-state index in [2.05, 4.69) is 15.3 Å². The summed E-state index contributed by atoms with van der Waals surface area (Å²) in [4.78, 5) is 8.83. The Bertz CT molecular complexity index is 931. The van der Waals surface area contributed by atoms with Crippen LogP contribution < -0.4 is 5.32 Å². The number of para-hydroxylation sites is 1. The van der Waals surface area contributed by atoms with Crippen molar-refractivity contribution in [3.63, 3.8) is 0 Å². The first-order valence-electron chi connectivity index (χ1n) is 6.56. The SMILES string of the molecule is Fc1ccc2c(c1)nc(Nc1ccccc1)c1nccn12. The van der Waals surface area contributed by atoms with Gasteiger partial charge in [-0.2, -0.15) is 0 Å². The fourth-order valence-electron chi connectivity index (χ4n) is 2.38. The van der Waals surface area contributed by atoms with E-state index in [0.29, 0.717) is 17.0 Å². The average Bonchev–Trinajstić information content (AvgIpc) is 2.98. The Morgan fingerprint density at radius 1 is 1.05 bits per heavy atom. The second-order valence-electron chi connectivity index (χ2n) is 4.71. The monoisotopic (exact) mass is 278 g/mol. The number of nitrogens with zero attached hydrogens (tertiary/aromatic N) is 3. The van der Waals surface area contributed by atoms with Crippen LogP contribution in [-0.4, -0.2) is 14.4 Å². The number of hydrogen-bond donors (Lipinski definition) is 1. The topological polar surface area (TPSA) is 42.2 Å². The fraction of sp³-hybridized carbons (Fsp3) is 0. The Morgan fingerprint density at radius 3 is 2.76 bits per heavy atom. The quantitative estimate of drug-likeness (QED) is 0.607. The van der Waals surface area contributed by atoms with Crippen molar-refractivity contribution >= 4 is 28.2 Å². The summed E-state index contributed by atoms with van der Waals surface area (Å²) < 4.78 is 15.3. The fourth-order valence-corrected chi connectivity index (χ4v) is 2.38. The molecule has 102 valence electrons. The van der Waals surface area contributed by atoms with Gasteiger partial charge in [-0.25, -0.2) is 14.4 Å². The third-order valence-electron chi connectivity index (χ3n) is 3.32. The van der Waals surface area contributed by atoms with Gasteiger partial charge in [-0.15, -0.1) is 0 Å². The third-order valence-corrected chi connectivity index (χ3v) is 3.32. The second-order valence-corrected chi connectivity index (χ2v) is 4.71. The summed E-state index contributed by atoms with van der Waals surface area (Å²) in [5.41, 5.74) is 3.02. The lowest BCUT2D eigenvalue weighted by molar-refractivity contribution is 0.629. The molecular weight excluding hydrogens is 267 g/mol. The smallest absolute Gasteiger partial charge is 0.180 e. The lowest BCUT2D eigenvalue weighted by atomic mass is 10.3. The molecule has 0 fully saturated rings. The Labute approximate surface area is 119 Å². The van der Waals surface area contributed by atoms with Crippen LogP contribution in [0.3, 0.4) is 0 Å². The number of aromatic nitrogens is 3. The number of nitrogens with one attached hydrogen (secondary N) is 1. The van der Waals surface area contributed by atoms with Gasteiger partial charge in [0.05, 0.1) is 11.0 Å². The normalized spacial score (nSPS) is 11.1. The number of fused-ring (bicyclic) bond motifs is 3. The molecule has 0 aliphatic carbocycles. The van der Waals surface area contributed by atoms with Crippen LogP contribution in [0.25, 0.3) is 16.7 Å². The molecule has 2 heterocycles.